The van der Waals surface area contributed by atoms with E-state index in [-0.39, 0.29) is 5.91 Å². The molecule has 1 aliphatic rings. The predicted molar refractivity (Wildman–Crippen MR) is 78.9 cm³/mol. The van der Waals surface area contributed by atoms with Crippen LogP contribution in [-0.2, 0) is 4.74 Å². The second-order valence-corrected chi connectivity index (χ2v) is 5.77. The van der Waals surface area contributed by atoms with Crippen LogP contribution in [0.4, 0.5) is 0 Å². The van der Waals surface area contributed by atoms with Crippen LogP contribution in [0.5, 0.6) is 0 Å². The van der Waals surface area contributed by atoms with Crippen LogP contribution >= 0.6 is 11.8 Å². The fraction of sp³-hybridized carbons (Fsp3) is 0.643. The predicted octanol–water partition coefficient (Wildman–Crippen LogP) is 2.09. The van der Waals surface area contributed by atoms with Crippen molar-refractivity contribution in [2.24, 2.45) is 5.92 Å². The molecule has 1 saturated heterocycles. The summed E-state index contributed by atoms with van der Waals surface area (Å²) >= 11 is 1.47. The number of amides is 1. The summed E-state index contributed by atoms with van der Waals surface area (Å²) in [5.41, 5.74) is 0.579. The average Bonchev–Trinajstić information content (AvgIpc) is 2.52. The smallest absolute Gasteiger partial charge is 0.257 e. The highest BCUT2D eigenvalue weighted by molar-refractivity contribution is 7.98. The molecule has 1 aliphatic heterocycles. The Balaban J connectivity index is 1.96. The van der Waals surface area contributed by atoms with Crippen LogP contribution in [-0.4, -0.2) is 53.8 Å². The number of nitrogens with zero attached hydrogens (tertiary/aromatic N) is 3. The molecule has 5 nitrogen and oxygen atoms in total. The van der Waals surface area contributed by atoms with Crippen LogP contribution < -0.4 is 0 Å². The molecule has 0 aliphatic carbocycles. The van der Waals surface area contributed by atoms with Crippen molar-refractivity contribution in [2.45, 2.75) is 24.4 Å². The van der Waals surface area contributed by atoms with Gasteiger partial charge in [0.1, 0.15) is 0 Å². The van der Waals surface area contributed by atoms with E-state index in [9.17, 15) is 4.79 Å². The Kier molecular flexibility index (Phi) is 5.79. The maximum atomic E-state index is 12.4. The first-order valence-corrected chi connectivity index (χ1v) is 8.11. The SMILES string of the molecule is COCCC1CCCN(C(=O)c2cnc(SC)nc2)C1. The number of thioether (sulfide) groups is 1. The zero-order valence-electron chi connectivity index (χ0n) is 12.0. The van der Waals surface area contributed by atoms with Crippen molar-refractivity contribution in [2.75, 3.05) is 33.1 Å². The van der Waals surface area contributed by atoms with Gasteiger partial charge in [-0.2, -0.15) is 0 Å². The van der Waals surface area contributed by atoms with Crippen molar-refractivity contribution in [3.05, 3.63) is 18.0 Å². The van der Waals surface area contributed by atoms with Crippen molar-refractivity contribution in [3.63, 3.8) is 0 Å². The first-order valence-electron chi connectivity index (χ1n) is 6.89. The number of methoxy groups -OCH3 is 1. The minimum atomic E-state index is 0.0415. The number of piperidine rings is 1. The number of carbonyl (C=O) groups is 1. The minimum Gasteiger partial charge on any atom is -0.385 e. The number of likely N-dealkylation sites (tertiary alicyclic amines) is 1. The van der Waals surface area contributed by atoms with Gasteiger partial charge in [0.25, 0.3) is 5.91 Å². The maximum Gasteiger partial charge on any atom is 0.257 e. The molecule has 110 valence electrons. The standard InChI is InChI=1S/C14H21N3O2S/c1-19-7-5-11-4-3-6-17(10-11)13(18)12-8-15-14(20-2)16-9-12/h8-9,11H,3-7,10H2,1-2H3. The molecule has 0 saturated carbocycles. The topological polar surface area (TPSA) is 55.3 Å². The van der Waals surface area contributed by atoms with Crippen LogP contribution in [0.3, 0.4) is 0 Å². The maximum absolute atomic E-state index is 12.4. The third-order valence-corrected chi connectivity index (χ3v) is 4.17. The second kappa shape index (κ2) is 7.59. The molecule has 1 aromatic heterocycles. The van der Waals surface area contributed by atoms with E-state index < -0.39 is 0 Å². The first kappa shape index (κ1) is 15.3. The lowest BCUT2D eigenvalue weighted by molar-refractivity contribution is 0.0641. The van der Waals surface area contributed by atoms with Crippen molar-refractivity contribution < 1.29 is 9.53 Å². The molecule has 1 atom stereocenters. The summed E-state index contributed by atoms with van der Waals surface area (Å²) in [5, 5.41) is 0.693. The first-order chi connectivity index (χ1) is 9.74. The van der Waals surface area contributed by atoms with Gasteiger partial charge in [-0.15, -0.1) is 0 Å². The molecule has 2 rings (SSSR count). The van der Waals surface area contributed by atoms with E-state index in [1.807, 2.05) is 11.2 Å². The minimum absolute atomic E-state index is 0.0415. The summed E-state index contributed by atoms with van der Waals surface area (Å²) in [6, 6.07) is 0. The fourth-order valence-electron chi connectivity index (χ4n) is 2.48. The zero-order chi connectivity index (χ0) is 14.4. The second-order valence-electron chi connectivity index (χ2n) is 5.00. The molecule has 0 N–H and O–H groups in total. The number of rotatable bonds is 5. The van der Waals surface area contributed by atoms with Crippen LogP contribution in [0.25, 0.3) is 0 Å². The quantitative estimate of drug-likeness (QED) is 0.615. The van der Waals surface area contributed by atoms with E-state index >= 15 is 0 Å². The average molecular weight is 295 g/mol. The number of ether oxygens (including phenoxy) is 1. The van der Waals surface area contributed by atoms with Crippen LogP contribution in [0.1, 0.15) is 29.6 Å². The Morgan fingerprint density at radius 1 is 1.50 bits per heavy atom. The lowest BCUT2D eigenvalue weighted by Gasteiger charge is -2.32. The molecule has 2 heterocycles. The normalized spacial score (nSPS) is 19.1. The van der Waals surface area contributed by atoms with Crippen LogP contribution in [0.2, 0.25) is 0 Å². The summed E-state index contributed by atoms with van der Waals surface area (Å²) in [5.74, 6) is 0.582. The third kappa shape index (κ3) is 3.93. The van der Waals surface area contributed by atoms with E-state index in [0.717, 1.165) is 32.5 Å². The Bertz CT molecular complexity index is 439. The van der Waals surface area contributed by atoms with Gasteiger partial charge in [0.05, 0.1) is 5.56 Å². The summed E-state index contributed by atoms with van der Waals surface area (Å²) in [4.78, 5) is 22.7. The van der Waals surface area contributed by atoms with E-state index in [4.69, 9.17) is 4.74 Å². The Morgan fingerprint density at radius 2 is 2.25 bits per heavy atom. The fourth-order valence-corrected chi connectivity index (χ4v) is 2.80. The number of carbonyl (C=O) groups excluding carboxylic acids is 1. The van der Waals surface area contributed by atoms with E-state index in [0.29, 0.717) is 16.6 Å². The van der Waals surface area contributed by atoms with E-state index in [2.05, 4.69) is 9.97 Å². The van der Waals surface area contributed by atoms with Gasteiger partial charge >= 0.3 is 0 Å². The monoisotopic (exact) mass is 295 g/mol. The Labute approximate surface area is 124 Å². The van der Waals surface area contributed by atoms with E-state index in [1.54, 1.807) is 19.5 Å². The molecular weight excluding hydrogens is 274 g/mol. The van der Waals surface area contributed by atoms with Crippen molar-refractivity contribution in [3.8, 4) is 0 Å². The molecule has 0 spiro atoms. The molecule has 20 heavy (non-hydrogen) atoms. The molecule has 1 unspecified atom stereocenters. The number of aromatic nitrogens is 2. The molecule has 1 fully saturated rings. The molecule has 6 heteroatoms. The summed E-state index contributed by atoms with van der Waals surface area (Å²) in [6.45, 7) is 2.40. The zero-order valence-corrected chi connectivity index (χ0v) is 12.9. The van der Waals surface area contributed by atoms with Gasteiger partial charge in [-0.05, 0) is 31.4 Å². The van der Waals surface area contributed by atoms with Gasteiger partial charge in [-0.3, -0.25) is 4.79 Å². The van der Waals surface area contributed by atoms with Gasteiger partial charge < -0.3 is 9.64 Å². The summed E-state index contributed by atoms with van der Waals surface area (Å²) in [7, 11) is 1.72. The third-order valence-electron chi connectivity index (χ3n) is 3.59. The molecule has 0 aromatic carbocycles. The number of hydrogen-bond donors (Lipinski definition) is 0. The molecule has 0 bridgehead atoms. The van der Waals surface area contributed by atoms with E-state index in [1.165, 1.54) is 18.2 Å². The Morgan fingerprint density at radius 3 is 2.90 bits per heavy atom. The number of hydrogen-bond acceptors (Lipinski definition) is 5. The highest BCUT2D eigenvalue weighted by Gasteiger charge is 2.24. The van der Waals surface area contributed by atoms with Crippen LogP contribution in [0.15, 0.2) is 17.6 Å². The van der Waals surface area contributed by atoms with Gasteiger partial charge in [0.15, 0.2) is 5.16 Å². The van der Waals surface area contributed by atoms with Crippen molar-refractivity contribution >= 4 is 17.7 Å². The van der Waals surface area contributed by atoms with Gasteiger partial charge in [-0.25, -0.2) is 9.97 Å². The van der Waals surface area contributed by atoms with Gasteiger partial charge in [0.2, 0.25) is 0 Å². The summed E-state index contributed by atoms with van der Waals surface area (Å²) in [6.07, 6.45) is 8.42. The summed E-state index contributed by atoms with van der Waals surface area (Å²) < 4.78 is 5.12. The molecule has 1 amide bonds. The largest absolute Gasteiger partial charge is 0.385 e. The van der Waals surface area contributed by atoms with Crippen molar-refractivity contribution in [1.29, 1.82) is 0 Å². The Hall–Kier alpha value is -1.14. The lowest BCUT2D eigenvalue weighted by Crippen LogP contribution is -2.40. The van der Waals surface area contributed by atoms with Crippen LogP contribution in [0, 0.1) is 5.92 Å². The van der Waals surface area contributed by atoms with Crippen molar-refractivity contribution in [1.82, 2.24) is 14.9 Å². The van der Waals surface area contributed by atoms with Gasteiger partial charge in [0, 0.05) is 39.2 Å². The molecule has 1 aromatic rings. The highest BCUT2D eigenvalue weighted by Crippen LogP contribution is 2.21. The molecular formula is C14H21N3O2S. The molecule has 0 radical (unpaired) electrons. The lowest BCUT2D eigenvalue weighted by atomic mass is 9.95. The highest BCUT2D eigenvalue weighted by atomic mass is 32.2. The van der Waals surface area contributed by atoms with Gasteiger partial charge in [-0.1, -0.05) is 11.8 Å².